The van der Waals surface area contributed by atoms with Crippen LogP contribution >= 0.6 is 11.8 Å². The minimum atomic E-state index is -2.80. The number of aliphatic imine (C=N–C) groups is 1. The van der Waals surface area contributed by atoms with E-state index in [1.807, 2.05) is 0 Å². The number of nitrogens with zero attached hydrogens (tertiary/aromatic N) is 3. The number of aromatic nitrogens is 2. The van der Waals surface area contributed by atoms with Crippen LogP contribution in [-0.2, 0) is 10.3 Å². The van der Waals surface area contributed by atoms with Crippen molar-refractivity contribution >= 4 is 28.5 Å². The lowest BCUT2D eigenvalue weighted by molar-refractivity contribution is -0.0714. The smallest absolute Gasteiger partial charge is 0.281 e. The number of anilines is 1. The molecule has 1 saturated heterocycles. The van der Waals surface area contributed by atoms with Gasteiger partial charge >= 0.3 is 0 Å². The van der Waals surface area contributed by atoms with Gasteiger partial charge < -0.3 is 15.8 Å². The molecule has 0 aliphatic carbocycles. The molecule has 1 aromatic carbocycles. The molecule has 1 amide bonds. The number of hydrogen-bond donors (Lipinski definition) is 2. The number of amides is 1. The number of hydrogen-bond acceptors (Lipinski definition) is 7. The number of benzene rings is 1. The Hall–Kier alpha value is -2.73. The van der Waals surface area contributed by atoms with Gasteiger partial charge in [-0.2, -0.15) is 0 Å². The van der Waals surface area contributed by atoms with Crippen LogP contribution in [-0.4, -0.2) is 46.2 Å². The van der Waals surface area contributed by atoms with E-state index in [4.69, 9.17) is 10.5 Å². The maximum atomic E-state index is 15.0. The second-order valence-corrected chi connectivity index (χ2v) is 8.42. The Morgan fingerprint density at radius 1 is 1.34 bits per heavy atom. The summed E-state index contributed by atoms with van der Waals surface area (Å²) in [5.74, 6) is -1.32. The number of carbonyl (C=O) groups is 1. The van der Waals surface area contributed by atoms with E-state index in [2.05, 4.69) is 20.3 Å². The van der Waals surface area contributed by atoms with Crippen molar-refractivity contribution in [2.24, 2.45) is 16.6 Å². The molecule has 3 atom stereocenters. The first kappa shape index (κ1) is 22.5. The number of nitrogens with one attached hydrogen (secondary N) is 1. The Bertz CT molecular complexity index is 1040. The van der Waals surface area contributed by atoms with Crippen molar-refractivity contribution in [3.8, 4) is 0 Å². The molecule has 170 valence electrons. The summed E-state index contributed by atoms with van der Waals surface area (Å²) < 4.78 is 59.4. The molecule has 1 aromatic heterocycles. The molecular formula is C20H19F4N5O2S. The van der Waals surface area contributed by atoms with Gasteiger partial charge in [-0.05, 0) is 18.2 Å². The van der Waals surface area contributed by atoms with Gasteiger partial charge in [0.05, 0.1) is 24.0 Å². The molecule has 2 aliphatic heterocycles. The third-order valence-corrected chi connectivity index (χ3v) is 6.48. The fraction of sp³-hybridized carbons (Fsp3) is 0.400. The van der Waals surface area contributed by atoms with Crippen LogP contribution in [0.1, 0.15) is 34.6 Å². The third kappa shape index (κ3) is 4.16. The molecule has 0 bridgehead atoms. The summed E-state index contributed by atoms with van der Waals surface area (Å²) in [4.78, 5) is 24.2. The van der Waals surface area contributed by atoms with Crippen molar-refractivity contribution in [2.75, 3.05) is 24.4 Å². The molecule has 0 radical (unpaired) electrons. The lowest BCUT2D eigenvalue weighted by Crippen LogP contribution is -2.52. The average molecular weight is 469 g/mol. The highest BCUT2D eigenvalue weighted by molar-refractivity contribution is 8.13. The van der Waals surface area contributed by atoms with Crippen LogP contribution in [0.3, 0.4) is 0 Å². The number of thioether (sulfide) groups is 1. The highest BCUT2D eigenvalue weighted by Gasteiger charge is 2.51. The monoisotopic (exact) mass is 469 g/mol. The van der Waals surface area contributed by atoms with Crippen LogP contribution in [0.15, 0.2) is 35.6 Å². The van der Waals surface area contributed by atoms with Crippen molar-refractivity contribution in [1.29, 1.82) is 0 Å². The summed E-state index contributed by atoms with van der Waals surface area (Å²) in [7, 11) is 0. The van der Waals surface area contributed by atoms with Gasteiger partial charge in [0.15, 0.2) is 5.17 Å². The van der Waals surface area contributed by atoms with Crippen molar-refractivity contribution < 1.29 is 27.1 Å². The zero-order chi connectivity index (χ0) is 22.9. The molecule has 3 unspecified atom stereocenters. The number of ether oxygens (including phenoxy) is 1. The average Bonchev–Trinajstić information content (AvgIpc) is 2.79. The molecular weight excluding hydrogens is 450 g/mol. The van der Waals surface area contributed by atoms with Crippen LogP contribution in [0.4, 0.5) is 23.2 Å². The topological polar surface area (TPSA) is 102 Å². The van der Waals surface area contributed by atoms with E-state index in [0.717, 1.165) is 12.4 Å². The van der Waals surface area contributed by atoms with Gasteiger partial charge in [0.2, 0.25) is 0 Å². The van der Waals surface area contributed by atoms with Gasteiger partial charge in [-0.25, -0.2) is 22.5 Å². The summed E-state index contributed by atoms with van der Waals surface area (Å²) in [6.45, 7) is -0.567. The molecule has 1 fully saturated rings. The Morgan fingerprint density at radius 2 is 2.16 bits per heavy atom. The van der Waals surface area contributed by atoms with E-state index in [1.165, 1.54) is 30.0 Å². The third-order valence-electron chi connectivity index (χ3n) is 5.57. The van der Waals surface area contributed by atoms with Crippen molar-refractivity contribution in [2.45, 2.75) is 24.5 Å². The predicted molar refractivity (Wildman–Crippen MR) is 111 cm³/mol. The predicted octanol–water partition coefficient (Wildman–Crippen LogP) is 3.44. The summed E-state index contributed by atoms with van der Waals surface area (Å²) in [5.41, 5.74) is 4.48. The molecule has 12 heteroatoms. The number of fused-ring (bicyclic) bond motifs is 1. The number of carbonyl (C=O) groups excluding carboxylic acids is 1. The van der Waals surface area contributed by atoms with E-state index in [-0.39, 0.29) is 28.7 Å². The first-order chi connectivity index (χ1) is 15.3. The van der Waals surface area contributed by atoms with Gasteiger partial charge in [0, 0.05) is 35.9 Å². The lowest BCUT2D eigenvalue weighted by atomic mass is 9.72. The number of nitrogens with two attached hydrogens (primary N) is 1. The lowest BCUT2D eigenvalue weighted by Gasteiger charge is -2.47. The molecule has 3 heterocycles. The molecule has 7 nitrogen and oxygen atoms in total. The number of halogens is 4. The molecule has 2 aromatic rings. The standard InChI is InChI=1S/C20H19F4N5O2S/c21-6-16-12-9-32-19(25)29-20(12,3-4-31-16)11-5-10(1-2-13(11)22)28-18(30)15-8-26-14(7-27-15)17(23)24/h1-2,5,7-8,12,16-17H,3-4,6,9H2,(H2,25,29)(H,28,30). The van der Waals surface area contributed by atoms with Crippen molar-refractivity contribution in [3.05, 3.63) is 53.4 Å². The summed E-state index contributed by atoms with van der Waals surface area (Å²) >= 11 is 1.26. The van der Waals surface area contributed by atoms with Crippen LogP contribution in [0.5, 0.6) is 0 Å². The Morgan fingerprint density at radius 3 is 2.84 bits per heavy atom. The minimum absolute atomic E-state index is 0.171. The fourth-order valence-electron chi connectivity index (χ4n) is 4.01. The van der Waals surface area contributed by atoms with Gasteiger partial charge in [0.1, 0.15) is 23.9 Å². The van der Waals surface area contributed by atoms with Crippen molar-refractivity contribution in [1.82, 2.24) is 9.97 Å². The first-order valence-electron chi connectivity index (χ1n) is 9.71. The Labute approximate surface area is 184 Å². The SMILES string of the molecule is NC1=NC2(c3cc(NC(=O)c4cnc(C(F)F)cn4)ccc3F)CCOC(CF)C2CS1. The van der Waals surface area contributed by atoms with Crippen LogP contribution in [0.2, 0.25) is 0 Å². The minimum Gasteiger partial charge on any atom is -0.379 e. The summed E-state index contributed by atoms with van der Waals surface area (Å²) in [6.07, 6.45) is -1.51. The maximum absolute atomic E-state index is 15.0. The number of amidine groups is 1. The van der Waals surface area contributed by atoms with E-state index in [9.17, 15) is 18.0 Å². The van der Waals surface area contributed by atoms with E-state index in [1.54, 1.807) is 0 Å². The number of rotatable bonds is 5. The van der Waals surface area contributed by atoms with Gasteiger partial charge in [-0.15, -0.1) is 0 Å². The van der Waals surface area contributed by atoms with Crippen molar-refractivity contribution in [3.63, 3.8) is 0 Å². The van der Waals surface area contributed by atoms with E-state index < -0.39 is 48.1 Å². The zero-order valence-electron chi connectivity index (χ0n) is 16.6. The summed E-state index contributed by atoms with van der Waals surface area (Å²) in [5, 5.41) is 2.82. The highest BCUT2D eigenvalue weighted by Crippen LogP contribution is 2.48. The summed E-state index contributed by atoms with van der Waals surface area (Å²) in [6, 6.07) is 3.95. The Kier molecular flexibility index (Phi) is 6.33. The fourth-order valence-corrected chi connectivity index (χ4v) is 5.08. The van der Waals surface area contributed by atoms with Crippen LogP contribution in [0, 0.1) is 11.7 Å². The first-order valence-corrected chi connectivity index (χ1v) is 10.7. The van der Waals surface area contributed by atoms with Crippen LogP contribution in [0.25, 0.3) is 0 Å². The zero-order valence-corrected chi connectivity index (χ0v) is 17.4. The Balaban J connectivity index is 1.66. The normalized spacial score (nSPS) is 25.2. The molecule has 32 heavy (non-hydrogen) atoms. The van der Waals surface area contributed by atoms with Gasteiger partial charge in [-0.3, -0.25) is 14.8 Å². The second-order valence-electron chi connectivity index (χ2n) is 7.38. The maximum Gasteiger partial charge on any atom is 0.281 e. The largest absolute Gasteiger partial charge is 0.379 e. The highest BCUT2D eigenvalue weighted by atomic mass is 32.2. The van der Waals surface area contributed by atoms with Gasteiger partial charge in [-0.1, -0.05) is 11.8 Å². The molecule has 3 N–H and O–H groups in total. The molecule has 2 aliphatic rings. The van der Waals surface area contributed by atoms with Gasteiger partial charge in [0.25, 0.3) is 12.3 Å². The molecule has 0 saturated carbocycles. The number of alkyl halides is 3. The quantitative estimate of drug-likeness (QED) is 0.651. The van der Waals surface area contributed by atoms with Crippen LogP contribution < -0.4 is 11.1 Å². The second kappa shape index (κ2) is 9.02. The molecule has 0 spiro atoms. The molecule has 4 rings (SSSR count). The van der Waals surface area contributed by atoms with E-state index in [0.29, 0.717) is 12.2 Å². The van der Waals surface area contributed by atoms with E-state index >= 15 is 4.39 Å².